The normalized spacial score (nSPS) is 10.3. The molecular weight excluding hydrogens is 1790 g/mol. The van der Waals surface area contributed by atoms with Crippen LogP contribution in [0.1, 0.15) is 429 Å². The van der Waals surface area contributed by atoms with Crippen molar-refractivity contribution in [2.24, 2.45) is 64.3 Å². The topological polar surface area (TPSA) is 403 Å². The van der Waals surface area contributed by atoms with Gasteiger partial charge in [-0.05, 0) is 127 Å². The Morgan fingerprint density at radius 2 is 0.831 bits per heavy atom. The molecular formula is C108H228N24O10. The summed E-state index contributed by atoms with van der Waals surface area (Å²) in [5.74, 6) is 7.73. The van der Waals surface area contributed by atoms with E-state index in [0.29, 0.717) is 77.3 Å². The van der Waals surface area contributed by atoms with Gasteiger partial charge in [0.05, 0.1) is 49.5 Å². The Hall–Kier alpha value is -10.3. The number of carbonyl (C=O) groups excluding carboxylic acids is 4. The molecule has 0 rings (SSSR count). The Balaban J connectivity index is -0.0000000718. The number of rotatable bonds is 23. The molecule has 0 saturated heterocycles. The van der Waals surface area contributed by atoms with Crippen molar-refractivity contribution < 1.29 is 65.7 Å². The SMILES string of the molecule is C/C(C(C)C)=[N+](/C)[O-].CC#[N+][N-]C(C)C.CC(=[N+]=[N-])C(C)C.CC(=[O+][C-](C)C)C(C)C.CC(=[O+][O-])C(C)C.CC(C(C)C)=[N+](C)[C-](C)C.CC(C)=[N+](C)[N-]C(C)C.CC(C)=[N+]([C-](C)C)C(C)C.CC(C)=[N+]([O-])C(C)C.CC(C)=[O+][N-]C(C)C.CC(C)C#[N+][O-].CC(C)N=[N+]=[N-].CC(C)[N+](=O)[O-].C[C-](C)[N+]#CC(C)C.C[N-]/[N+](C)=C(\C)C(C)C.C[N-][N+]#CC(C)C.C[N-][N+](=C(C)C)C(C)C.C[N-][O+]=C(C)C(C)C. The van der Waals surface area contributed by atoms with E-state index in [0.717, 1.165) is 56.1 Å². The molecule has 0 aromatic heterocycles. The fourth-order valence-electron chi connectivity index (χ4n) is 6.97. The molecule has 840 valence electrons. The average molecular weight is 2020 g/mol. The maximum Gasteiger partial charge on any atom is 0.328 e. The number of hydrogen-bond donors (Lipinski definition) is 0. The van der Waals surface area contributed by atoms with Crippen LogP contribution in [0.4, 0.5) is 0 Å². The number of nitro groups is 1. The average Bonchev–Trinajstić information content (AvgIpc) is 0.908. The van der Waals surface area contributed by atoms with Crippen LogP contribution in [0.15, 0.2) is 5.11 Å². The molecule has 0 atom stereocenters. The highest BCUT2D eigenvalue weighted by molar-refractivity contribution is 5.81. The number of hydroxylamine groups is 4. The van der Waals surface area contributed by atoms with E-state index in [2.05, 4.69) is 298 Å². The van der Waals surface area contributed by atoms with Gasteiger partial charge in [0, 0.05) is 159 Å². The molecule has 0 aliphatic heterocycles. The zero-order chi connectivity index (χ0) is 118. The minimum Gasteiger partial charge on any atom is -0.624 e. The quantitative estimate of drug-likeness (QED) is 0.00817. The summed E-state index contributed by atoms with van der Waals surface area (Å²) in [6.45, 7) is 124. The smallest absolute Gasteiger partial charge is 0.328 e. The van der Waals surface area contributed by atoms with Crippen LogP contribution < -0.4 is 5.26 Å². The van der Waals surface area contributed by atoms with Crippen molar-refractivity contribution in [3.05, 3.63) is 124 Å². The maximum atomic E-state index is 10.7. The molecule has 0 unspecified atom stereocenters. The van der Waals surface area contributed by atoms with Crippen LogP contribution in [0.3, 0.4) is 0 Å². The molecule has 0 N–H and O–H groups in total. The lowest BCUT2D eigenvalue weighted by Crippen LogP contribution is -2.26. The molecule has 0 bridgehead atoms. The number of azide groups is 1. The lowest BCUT2D eigenvalue weighted by molar-refractivity contribution is -1.05. The third kappa shape index (κ3) is 169. The van der Waals surface area contributed by atoms with E-state index in [1.807, 2.05) is 250 Å². The summed E-state index contributed by atoms with van der Waals surface area (Å²) in [5.41, 5.74) is 51.8. The van der Waals surface area contributed by atoms with Crippen LogP contribution in [-0.4, -0.2) is 216 Å². The van der Waals surface area contributed by atoms with Crippen molar-refractivity contribution in [3.8, 4) is 24.3 Å². The molecule has 0 spiro atoms. The van der Waals surface area contributed by atoms with E-state index in [1.54, 1.807) is 55.8 Å². The van der Waals surface area contributed by atoms with Gasteiger partial charge in [-0.15, -0.1) is 9.91 Å². The summed E-state index contributed by atoms with van der Waals surface area (Å²) in [5, 5.41) is 55.2. The fraction of sp³-hybridized carbons (Fsp3) is 0.815. The zero-order valence-electron chi connectivity index (χ0n) is 105. The standard InChI is InChI=1S/2C9H19N.C8H16O.3C7H16N2.C7H13N.4C6H13NO.3C5H10N2.C5H10O2.C4H7NO.C3H7N3.C3H7NO2/c1-7(2)9(5)10(6)8(3)4;1-7(2)10(8(3)4)9(5)6;1-6(2)8(5)9-7(3)4;1-6(2)7(3)9(5)8-4;1-6(2)8-9(5)7(3)4;1-6(2)9(8-5)7(3)4;1-6(2)5-8-7(3)4;1-5(2)6(3)8-7-4;1-5(2)6(3)7(4)8;1-5(2)7-8-6(3)4;1-5(2)7(8)6(3)4;1-5(2)4-7-6-3;1-4-6-7-5(2)3;2*1-4(2)5(3)7-6;1-4(2)3-5-6;1-3(2)5-6-4;1-3(2)4(5)6/h2*7H,1-6H3;4*6H,1-5H3;6H,1-4H3;4*5H,1-4H3;2*5H,1-3H3;2*4H,1-3H3;4H,1-2H3;2*3H,1-2H3/b;;;9-7+;;;;;7-6+;;;;;;;;;. The molecule has 0 saturated carbocycles. The largest absolute Gasteiger partial charge is 0.624 e. The van der Waals surface area contributed by atoms with Gasteiger partial charge in [-0.1, -0.05) is 260 Å². The van der Waals surface area contributed by atoms with Gasteiger partial charge in [0.1, 0.15) is 69.6 Å². The molecule has 0 amide bonds. The van der Waals surface area contributed by atoms with Crippen LogP contribution in [0.2, 0.25) is 0 Å². The predicted octanol–water partition coefficient (Wildman–Crippen LogP) is 30.2. The van der Waals surface area contributed by atoms with Crippen LogP contribution in [0, 0.1) is 133 Å². The molecule has 0 radical (unpaired) electrons. The Bertz CT molecular complexity index is 3690. The Kier molecular flexibility index (Phi) is 142. The van der Waals surface area contributed by atoms with Crippen molar-refractivity contribution in [2.75, 3.05) is 56.4 Å². The summed E-state index contributed by atoms with van der Waals surface area (Å²) in [6, 6.07) is 16.1. The van der Waals surface area contributed by atoms with Gasteiger partial charge < -0.3 is 67.1 Å². The molecule has 0 heterocycles. The zero-order valence-corrected chi connectivity index (χ0v) is 105. The minimum atomic E-state index is -0.426. The summed E-state index contributed by atoms with van der Waals surface area (Å²) >= 11 is 0. The van der Waals surface area contributed by atoms with Crippen LogP contribution >= 0.6 is 0 Å². The first-order valence-electron chi connectivity index (χ1n) is 49.7. The molecule has 0 aromatic rings. The Morgan fingerprint density at radius 3 is 0.894 bits per heavy atom. The Morgan fingerprint density at radius 1 is 0.430 bits per heavy atom. The van der Waals surface area contributed by atoms with E-state index in [-0.39, 0.29) is 34.9 Å². The van der Waals surface area contributed by atoms with Gasteiger partial charge in [-0.3, -0.25) is 44.2 Å². The van der Waals surface area contributed by atoms with E-state index >= 15 is 0 Å². The summed E-state index contributed by atoms with van der Waals surface area (Å²) in [4.78, 5) is 25.8. The predicted molar refractivity (Wildman–Crippen MR) is 622 cm³/mol. The van der Waals surface area contributed by atoms with E-state index in [9.17, 15) is 31.0 Å². The van der Waals surface area contributed by atoms with Gasteiger partial charge in [0.25, 0.3) is 29.4 Å². The summed E-state index contributed by atoms with van der Waals surface area (Å²) in [6.07, 6.45) is 1.02. The third-order valence-electron chi connectivity index (χ3n) is 16.6. The first-order valence-corrected chi connectivity index (χ1v) is 49.7. The highest BCUT2D eigenvalue weighted by Gasteiger charge is 2.11. The lowest BCUT2D eigenvalue weighted by atomic mass is 10.1. The van der Waals surface area contributed by atoms with Crippen molar-refractivity contribution in [2.45, 2.75) is 478 Å². The van der Waals surface area contributed by atoms with Gasteiger partial charge in [0.15, 0.2) is 23.2 Å². The Labute approximate surface area is 876 Å². The molecule has 0 aliphatic rings. The molecule has 0 aromatic carbocycles. The molecule has 34 nitrogen and oxygen atoms in total. The van der Waals surface area contributed by atoms with Crippen LogP contribution in [-0.2, 0) is 18.1 Å². The van der Waals surface area contributed by atoms with Crippen molar-refractivity contribution in [3.63, 3.8) is 0 Å². The number of nitrogens with zero attached hydrogens (tertiary/aromatic N) is 24. The second kappa shape index (κ2) is 116. The monoisotopic (exact) mass is 2020 g/mol. The van der Waals surface area contributed by atoms with Crippen molar-refractivity contribution >= 4 is 68.8 Å². The summed E-state index contributed by atoms with van der Waals surface area (Å²) < 4.78 is 31.0. The minimum absolute atomic E-state index is 0.0833. The molecule has 142 heavy (non-hydrogen) atoms. The number of ketones is 4. The lowest BCUT2D eigenvalue weighted by Gasteiger charge is -2.21. The highest BCUT2D eigenvalue weighted by atomic mass is 17.1. The van der Waals surface area contributed by atoms with Gasteiger partial charge in [-0.2, -0.15) is 9.37 Å². The van der Waals surface area contributed by atoms with Crippen LogP contribution in [0.25, 0.3) is 73.8 Å². The maximum absolute atomic E-state index is 10.7. The van der Waals surface area contributed by atoms with E-state index in [4.69, 9.17) is 24.5 Å². The molecule has 34 heteroatoms. The van der Waals surface area contributed by atoms with Crippen molar-refractivity contribution in [1.82, 2.24) is 0 Å². The first kappa shape index (κ1) is 174. The second-order valence-corrected chi connectivity index (χ2v) is 39.4. The fourth-order valence-corrected chi connectivity index (χ4v) is 6.97. The van der Waals surface area contributed by atoms with E-state index in [1.165, 1.54) is 47.7 Å². The molecule has 0 fully saturated rings. The third-order valence-corrected chi connectivity index (χ3v) is 16.6. The highest BCUT2D eigenvalue weighted by Crippen LogP contribution is 2.08. The molecule has 0 aliphatic carbocycles. The van der Waals surface area contributed by atoms with Gasteiger partial charge >= 0.3 is 11.9 Å². The van der Waals surface area contributed by atoms with Crippen LogP contribution in [0.5, 0.6) is 0 Å². The van der Waals surface area contributed by atoms with Gasteiger partial charge in [-0.25, -0.2) is 14.3 Å². The van der Waals surface area contributed by atoms with E-state index < -0.39 is 6.04 Å². The van der Waals surface area contributed by atoms with Crippen molar-refractivity contribution in [1.29, 1.82) is 0 Å². The number of hydrogen-bond acceptors (Lipinski definition) is 7. The summed E-state index contributed by atoms with van der Waals surface area (Å²) in [7, 11) is 14.4. The first-order chi connectivity index (χ1) is 64.3. The van der Waals surface area contributed by atoms with Gasteiger partial charge in [0.2, 0.25) is 6.04 Å². The second-order valence-electron chi connectivity index (χ2n) is 39.4.